The van der Waals surface area contributed by atoms with Crippen molar-refractivity contribution in [3.63, 3.8) is 0 Å². The number of hydrogen-bond donors (Lipinski definition) is 1. The number of nitrogens with zero attached hydrogens (tertiary/aromatic N) is 2. The van der Waals surface area contributed by atoms with Gasteiger partial charge in [-0.3, -0.25) is 0 Å². The van der Waals surface area contributed by atoms with E-state index in [4.69, 9.17) is 16.7 Å². The van der Waals surface area contributed by atoms with E-state index < -0.39 is 5.97 Å². The van der Waals surface area contributed by atoms with Gasteiger partial charge in [0.15, 0.2) is 5.69 Å². The van der Waals surface area contributed by atoms with Gasteiger partial charge in [-0.2, -0.15) is 0 Å². The van der Waals surface area contributed by atoms with Crippen molar-refractivity contribution in [3.8, 4) is 0 Å². The molecule has 64 valence electrons. The molecule has 0 bridgehead atoms. The Hall–Kier alpha value is -0.430. The second kappa shape index (κ2) is 3.99. The number of carbonyl (C=O) groups is 1. The topological polar surface area (TPSA) is 63.1 Å². The summed E-state index contributed by atoms with van der Waals surface area (Å²) in [7, 11) is 0. The Morgan fingerprint density at radius 2 is 2.33 bits per heavy atom. The van der Waals surface area contributed by atoms with Gasteiger partial charge in [0.1, 0.15) is 11.0 Å². The van der Waals surface area contributed by atoms with Crippen LogP contribution in [-0.4, -0.2) is 21.0 Å². The minimum absolute atomic E-state index is 0.0679. The summed E-state index contributed by atoms with van der Waals surface area (Å²) in [6.07, 6.45) is 0. The van der Waals surface area contributed by atoms with E-state index in [9.17, 15) is 4.79 Å². The molecule has 0 aromatic carbocycles. The van der Waals surface area contributed by atoms with E-state index in [2.05, 4.69) is 9.97 Å². The largest absolute Gasteiger partial charge is 0.477 e. The molecule has 12 heavy (non-hydrogen) atoms. The first-order valence-electron chi connectivity index (χ1n) is 2.96. The van der Waals surface area contributed by atoms with Crippen molar-refractivity contribution >= 4 is 40.2 Å². The highest BCUT2D eigenvalue weighted by Crippen LogP contribution is 2.09. The van der Waals surface area contributed by atoms with Crippen molar-refractivity contribution in [2.24, 2.45) is 0 Å². The zero-order chi connectivity index (χ0) is 9.14. The fourth-order valence-corrected chi connectivity index (χ4v) is 1.18. The molecule has 0 saturated heterocycles. The highest BCUT2D eigenvalue weighted by Gasteiger charge is 2.07. The van der Waals surface area contributed by atoms with E-state index in [0.717, 1.165) is 0 Å². The van der Waals surface area contributed by atoms with Crippen LogP contribution in [0.3, 0.4) is 0 Å². The summed E-state index contributed by atoms with van der Waals surface area (Å²) in [5.74, 6) is -0.661. The summed E-state index contributed by atoms with van der Waals surface area (Å²) in [6, 6.07) is 1.22. The molecule has 0 aliphatic rings. The Kier molecular flexibility index (Phi) is 3.21. The van der Waals surface area contributed by atoms with Crippen LogP contribution < -0.4 is 0 Å². The van der Waals surface area contributed by atoms with Gasteiger partial charge in [0.25, 0.3) is 0 Å². The number of halogens is 2. The third-order valence-corrected chi connectivity index (χ3v) is 1.96. The second-order valence-electron chi connectivity index (χ2n) is 1.93. The first-order valence-corrected chi connectivity index (χ1v) is 4.86. The predicted molar refractivity (Wildman–Crippen MR) is 51.7 cm³/mol. The molecule has 0 spiro atoms. The van der Waals surface area contributed by atoms with Gasteiger partial charge in [0, 0.05) is 6.07 Å². The molecule has 0 atom stereocenters. The van der Waals surface area contributed by atoms with Gasteiger partial charge in [-0.15, -0.1) is 0 Å². The molecule has 1 rings (SSSR count). The van der Waals surface area contributed by atoms with Crippen molar-refractivity contribution in [1.82, 2.24) is 9.97 Å². The molecular weight excluding hydrogens is 294 g/mol. The van der Waals surface area contributed by atoms with Crippen LogP contribution >= 0.6 is 34.2 Å². The molecule has 0 unspecified atom stereocenters. The molecule has 1 aromatic rings. The average molecular weight is 298 g/mol. The monoisotopic (exact) mass is 298 g/mol. The number of alkyl halides is 1. The molecule has 1 heterocycles. The summed E-state index contributed by atoms with van der Waals surface area (Å²) in [5, 5.41) is 8.74. The Morgan fingerprint density at radius 3 is 2.83 bits per heavy atom. The Labute approximate surface area is 87.1 Å². The quantitative estimate of drug-likeness (QED) is 0.513. The van der Waals surface area contributed by atoms with Crippen LogP contribution in [0.25, 0.3) is 0 Å². The Balaban J connectivity index is 3.15. The summed E-state index contributed by atoms with van der Waals surface area (Å²) < 4.78 is 0.540. The average Bonchev–Trinajstić information content (AvgIpc) is 2.03. The molecule has 1 N–H and O–H groups in total. The zero-order valence-electron chi connectivity index (χ0n) is 5.79. The van der Waals surface area contributed by atoms with Crippen molar-refractivity contribution in [2.45, 2.75) is 4.43 Å². The smallest absolute Gasteiger partial charge is 0.354 e. The molecule has 0 fully saturated rings. The number of rotatable bonds is 2. The minimum Gasteiger partial charge on any atom is -0.477 e. The van der Waals surface area contributed by atoms with Gasteiger partial charge in [-0.05, 0) is 0 Å². The lowest BCUT2D eigenvalue weighted by molar-refractivity contribution is 0.0690. The van der Waals surface area contributed by atoms with Crippen LogP contribution in [0.5, 0.6) is 0 Å². The number of aromatic nitrogens is 2. The van der Waals surface area contributed by atoms with Crippen molar-refractivity contribution in [1.29, 1.82) is 0 Å². The van der Waals surface area contributed by atoms with Gasteiger partial charge >= 0.3 is 5.97 Å². The summed E-state index contributed by atoms with van der Waals surface area (Å²) in [6.45, 7) is 0. The van der Waals surface area contributed by atoms with Crippen LogP contribution in [0, 0.1) is 0 Å². The van der Waals surface area contributed by atoms with E-state index >= 15 is 0 Å². The number of carboxylic acid groups (broad SMARTS) is 1. The maximum atomic E-state index is 10.5. The molecule has 0 radical (unpaired) electrons. The van der Waals surface area contributed by atoms with E-state index in [1.165, 1.54) is 6.07 Å². The van der Waals surface area contributed by atoms with Gasteiger partial charge < -0.3 is 5.11 Å². The molecule has 0 amide bonds. The van der Waals surface area contributed by atoms with Crippen molar-refractivity contribution < 1.29 is 9.90 Å². The normalized spacial score (nSPS) is 9.83. The van der Waals surface area contributed by atoms with Gasteiger partial charge in [-0.25, -0.2) is 14.8 Å². The highest BCUT2D eigenvalue weighted by atomic mass is 127. The van der Waals surface area contributed by atoms with Crippen LogP contribution in [0.15, 0.2) is 6.07 Å². The van der Waals surface area contributed by atoms with Crippen LogP contribution in [-0.2, 0) is 4.43 Å². The molecule has 0 aliphatic heterocycles. The van der Waals surface area contributed by atoms with Crippen LogP contribution in [0.4, 0.5) is 0 Å². The predicted octanol–water partition coefficient (Wildman–Crippen LogP) is 1.76. The SMILES string of the molecule is O=C(O)c1cc(Cl)nc(CI)n1. The standard InChI is InChI=1S/C6H4ClIN2O2/c7-4-1-3(6(11)12)9-5(2-8)10-4/h1H,2H2,(H,11,12). The van der Waals surface area contributed by atoms with Crippen molar-refractivity contribution in [2.75, 3.05) is 0 Å². The van der Waals surface area contributed by atoms with Crippen molar-refractivity contribution in [3.05, 3.63) is 22.7 Å². The van der Waals surface area contributed by atoms with Crippen LogP contribution in [0.1, 0.15) is 16.3 Å². The number of hydrogen-bond acceptors (Lipinski definition) is 3. The molecule has 4 nitrogen and oxygen atoms in total. The van der Waals surface area contributed by atoms with Crippen LogP contribution in [0.2, 0.25) is 5.15 Å². The maximum Gasteiger partial charge on any atom is 0.354 e. The molecular formula is C6H4ClIN2O2. The summed E-state index contributed by atoms with van der Waals surface area (Å²) in [4.78, 5) is 18.0. The molecule has 0 aliphatic carbocycles. The fraction of sp³-hybridized carbons (Fsp3) is 0.167. The lowest BCUT2D eigenvalue weighted by atomic mass is 10.4. The van der Waals surface area contributed by atoms with E-state index in [1.54, 1.807) is 0 Å². The third-order valence-electron chi connectivity index (χ3n) is 1.08. The first-order chi connectivity index (χ1) is 5.63. The first kappa shape index (κ1) is 9.66. The van der Waals surface area contributed by atoms with Gasteiger partial charge in [-0.1, -0.05) is 34.2 Å². The number of aromatic carboxylic acids is 1. The maximum absolute atomic E-state index is 10.5. The van der Waals surface area contributed by atoms with E-state index in [1.807, 2.05) is 22.6 Å². The Morgan fingerprint density at radius 1 is 1.67 bits per heavy atom. The van der Waals surface area contributed by atoms with E-state index in [0.29, 0.717) is 10.3 Å². The fourth-order valence-electron chi connectivity index (χ4n) is 0.634. The number of carboxylic acids is 1. The second-order valence-corrected chi connectivity index (χ2v) is 3.08. The van der Waals surface area contributed by atoms with Gasteiger partial charge in [0.05, 0.1) is 4.43 Å². The zero-order valence-corrected chi connectivity index (χ0v) is 8.70. The highest BCUT2D eigenvalue weighted by molar-refractivity contribution is 14.1. The summed E-state index contributed by atoms with van der Waals surface area (Å²) in [5.41, 5.74) is -0.0679. The minimum atomic E-state index is -1.09. The molecule has 0 saturated carbocycles. The lowest BCUT2D eigenvalue weighted by Gasteiger charge is -1.97. The molecule has 6 heteroatoms. The summed E-state index contributed by atoms with van der Waals surface area (Å²) >= 11 is 7.59. The Bertz CT molecular complexity index is 318. The third kappa shape index (κ3) is 2.28. The van der Waals surface area contributed by atoms with Gasteiger partial charge in [0.2, 0.25) is 0 Å². The van der Waals surface area contributed by atoms with E-state index in [-0.39, 0.29) is 10.8 Å². The lowest BCUT2D eigenvalue weighted by Crippen LogP contribution is -2.04. The molecule has 1 aromatic heterocycles.